The van der Waals surface area contributed by atoms with Crippen LogP contribution in [0, 0.1) is 0 Å². The highest BCUT2D eigenvalue weighted by atomic mass is 32.2. The van der Waals surface area contributed by atoms with Gasteiger partial charge in [-0.05, 0) is 31.9 Å². The fourth-order valence-electron chi connectivity index (χ4n) is 1.88. The molecule has 104 valence electrons. The second kappa shape index (κ2) is 5.82. The molecule has 5 nitrogen and oxygen atoms in total. The number of carbonyl (C=O) groups is 2. The van der Waals surface area contributed by atoms with Crippen LogP contribution in [0.5, 0.6) is 0 Å². The molecule has 1 saturated carbocycles. The van der Waals surface area contributed by atoms with Gasteiger partial charge in [-0.15, -0.1) is 0 Å². The van der Waals surface area contributed by atoms with E-state index in [1.54, 1.807) is 25.6 Å². The molecule has 1 aliphatic carbocycles. The van der Waals surface area contributed by atoms with Crippen molar-refractivity contribution >= 4 is 23.8 Å². The largest absolute Gasteiger partial charge is 0.480 e. The Morgan fingerprint density at radius 1 is 1.33 bits per heavy atom. The Morgan fingerprint density at radius 2 is 1.89 bits per heavy atom. The summed E-state index contributed by atoms with van der Waals surface area (Å²) in [6.45, 7) is 4.13. The number of carboxylic acid groups (broad SMARTS) is 1. The Morgan fingerprint density at radius 3 is 2.22 bits per heavy atom. The number of hydrogen-bond acceptors (Lipinski definition) is 3. The Bertz CT molecular complexity index is 325. The third-order valence-electron chi connectivity index (χ3n) is 3.78. The van der Waals surface area contributed by atoms with Crippen molar-refractivity contribution in [3.63, 3.8) is 0 Å². The minimum atomic E-state index is -1.15. The smallest absolute Gasteiger partial charge is 0.329 e. The van der Waals surface area contributed by atoms with E-state index in [0.717, 1.165) is 12.8 Å². The van der Waals surface area contributed by atoms with Gasteiger partial charge in [-0.1, -0.05) is 13.8 Å². The lowest BCUT2D eigenvalue weighted by molar-refractivity contribution is -0.144. The second-order valence-electron chi connectivity index (χ2n) is 4.79. The number of hydrogen-bond donors (Lipinski definition) is 3. The molecular weight excluding hydrogens is 252 g/mol. The van der Waals surface area contributed by atoms with E-state index in [2.05, 4.69) is 10.6 Å². The summed E-state index contributed by atoms with van der Waals surface area (Å²) in [6.07, 6.45) is 5.01. The Balaban J connectivity index is 2.49. The van der Waals surface area contributed by atoms with E-state index in [4.69, 9.17) is 0 Å². The van der Waals surface area contributed by atoms with E-state index in [0.29, 0.717) is 19.4 Å². The molecule has 6 heteroatoms. The van der Waals surface area contributed by atoms with E-state index >= 15 is 0 Å². The van der Waals surface area contributed by atoms with Gasteiger partial charge in [0.25, 0.3) is 0 Å². The first-order chi connectivity index (χ1) is 8.43. The molecule has 0 unspecified atom stereocenters. The number of urea groups is 1. The van der Waals surface area contributed by atoms with Gasteiger partial charge in [0.05, 0.1) is 0 Å². The van der Waals surface area contributed by atoms with Gasteiger partial charge in [0.2, 0.25) is 0 Å². The van der Waals surface area contributed by atoms with E-state index in [1.807, 2.05) is 6.26 Å². The summed E-state index contributed by atoms with van der Waals surface area (Å²) in [4.78, 5) is 23.0. The molecule has 0 aromatic rings. The number of rotatable bonds is 7. The fraction of sp³-hybridized carbons (Fsp3) is 0.833. The van der Waals surface area contributed by atoms with Crippen LogP contribution < -0.4 is 10.6 Å². The quantitative estimate of drug-likeness (QED) is 0.662. The van der Waals surface area contributed by atoms with Crippen molar-refractivity contribution in [3.8, 4) is 0 Å². The molecule has 0 aromatic carbocycles. The number of carboxylic acids is 1. The van der Waals surface area contributed by atoms with Crippen molar-refractivity contribution in [1.29, 1.82) is 0 Å². The minimum Gasteiger partial charge on any atom is -0.480 e. The van der Waals surface area contributed by atoms with Gasteiger partial charge in [-0.2, -0.15) is 11.8 Å². The zero-order chi connectivity index (χ0) is 13.8. The lowest BCUT2D eigenvalue weighted by Gasteiger charge is -2.28. The van der Waals surface area contributed by atoms with Crippen molar-refractivity contribution in [3.05, 3.63) is 0 Å². The average molecular weight is 274 g/mol. The molecule has 0 radical (unpaired) electrons. The normalized spacial score (nSPS) is 17.1. The second-order valence-corrected chi connectivity index (χ2v) is 6.06. The molecule has 1 rings (SSSR count). The van der Waals surface area contributed by atoms with Gasteiger partial charge in [0.1, 0.15) is 5.54 Å². The van der Waals surface area contributed by atoms with Gasteiger partial charge in [0, 0.05) is 11.3 Å². The van der Waals surface area contributed by atoms with Crippen LogP contribution in [0.2, 0.25) is 0 Å². The predicted molar refractivity (Wildman–Crippen MR) is 73.0 cm³/mol. The van der Waals surface area contributed by atoms with Crippen LogP contribution >= 0.6 is 11.8 Å². The highest BCUT2D eigenvalue weighted by Gasteiger charge is 2.42. The van der Waals surface area contributed by atoms with Crippen LogP contribution in [-0.4, -0.2) is 40.2 Å². The summed E-state index contributed by atoms with van der Waals surface area (Å²) in [5.41, 5.74) is -1.15. The maximum atomic E-state index is 11.8. The molecule has 1 aliphatic rings. The molecule has 2 amide bonds. The molecule has 0 bridgehead atoms. The van der Waals surface area contributed by atoms with Crippen LogP contribution in [-0.2, 0) is 4.79 Å². The molecule has 1 fully saturated rings. The van der Waals surface area contributed by atoms with Gasteiger partial charge >= 0.3 is 12.0 Å². The molecule has 0 aliphatic heterocycles. The average Bonchev–Trinajstić information content (AvgIpc) is 3.14. The molecule has 18 heavy (non-hydrogen) atoms. The van der Waals surface area contributed by atoms with Gasteiger partial charge in [-0.25, -0.2) is 9.59 Å². The van der Waals surface area contributed by atoms with Crippen molar-refractivity contribution in [1.82, 2.24) is 10.6 Å². The van der Waals surface area contributed by atoms with Crippen LogP contribution in [0.1, 0.15) is 39.5 Å². The first-order valence-corrected chi connectivity index (χ1v) is 7.50. The fourth-order valence-corrected chi connectivity index (χ4v) is 2.60. The summed E-state index contributed by atoms with van der Waals surface area (Å²) in [6, 6.07) is -0.388. The lowest BCUT2D eigenvalue weighted by atomic mass is 9.93. The summed E-state index contributed by atoms with van der Waals surface area (Å²) in [5.74, 6) is -0.978. The summed E-state index contributed by atoms with van der Waals surface area (Å²) >= 11 is 1.76. The molecule has 0 saturated heterocycles. The molecule has 3 N–H and O–H groups in total. The van der Waals surface area contributed by atoms with Crippen LogP contribution in [0.25, 0.3) is 0 Å². The first-order valence-electron chi connectivity index (χ1n) is 6.28. The Kier molecular flexibility index (Phi) is 4.90. The zero-order valence-electron chi connectivity index (χ0n) is 11.2. The molecule has 0 atom stereocenters. The number of aliphatic carboxylic acids is 1. The molecular formula is C12H22N2O3S. The summed E-state index contributed by atoms with van der Waals surface area (Å²) < 4.78 is 0.182. The lowest BCUT2D eigenvalue weighted by Crippen LogP contribution is -2.57. The molecule has 0 aromatic heterocycles. The zero-order valence-corrected chi connectivity index (χ0v) is 12.0. The van der Waals surface area contributed by atoms with E-state index in [1.165, 1.54) is 0 Å². The standard InChI is InChI=1S/C12H22N2O3S/c1-4-12(5-2,9(15)16)14-10(17)13-8-11(18-3)6-7-11/h4-8H2,1-3H3,(H,15,16)(H2,13,14,17). The van der Waals surface area contributed by atoms with Crippen LogP contribution in [0.3, 0.4) is 0 Å². The van der Waals surface area contributed by atoms with Gasteiger partial charge in [-0.3, -0.25) is 0 Å². The van der Waals surface area contributed by atoms with Gasteiger partial charge in [0.15, 0.2) is 0 Å². The van der Waals surface area contributed by atoms with Crippen molar-refractivity contribution < 1.29 is 14.7 Å². The number of carbonyl (C=O) groups excluding carboxylic acids is 1. The Labute approximate surface area is 112 Å². The summed E-state index contributed by atoms with van der Waals surface area (Å²) in [7, 11) is 0. The Hall–Kier alpha value is -0.910. The van der Waals surface area contributed by atoms with E-state index < -0.39 is 11.5 Å². The highest BCUT2D eigenvalue weighted by Crippen LogP contribution is 2.46. The topological polar surface area (TPSA) is 78.4 Å². The van der Waals surface area contributed by atoms with Crippen molar-refractivity contribution in [2.24, 2.45) is 0 Å². The predicted octanol–water partition coefficient (Wildman–Crippen LogP) is 1.82. The minimum absolute atomic E-state index is 0.182. The molecule has 0 heterocycles. The first kappa shape index (κ1) is 15.1. The van der Waals surface area contributed by atoms with Gasteiger partial charge < -0.3 is 15.7 Å². The number of thioether (sulfide) groups is 1. The maximum absolute atomic E-state index is 11.8. The SMILES string of the molecule is CCC(CC)(NC(=O)NCC1(SC)CC1)C(=O)O. The monoisotopic (exact) mass is 274 g/mol. The maximum Gasteiger partial charge on any atom is 0.329 e. The number of nitrogens with one attached hydrogen (secondary N) is 2. The van der Waals surface area contributed by atoms with Crippen molar-refractivity contribution in [2.45, 2.75) is 49.8 Å². The van der Waals surface area contributed by atoms with Crippen LogP contribution in [0.4, 0.5) is 4.79 Å². The highest BCUT2D eigenvalue weighted by molar-refractivity contribution is 8.00. The van der Waals surface area contributed by atoms with Crippen LogP contribution in [0.15, 0.2) is 0 Å². The van der Waals surface area contributed by atoms with E-state index in [-0.39, 0.29) is 10.8 Å². The third-order valence-corrected chi connectivity index (χ3v) is 5.20. The molecule has 0 spiro atoms. The third kappa shape index (κ3) is 3.31. The number of amides is 2. The summed E-state index contributed by atoms with van der Waals surface area (Å²) in [5, 5.41) is 14.6. The van der Waals surface area contributed by atoms with Crippen molar-refractivity contribution in [2.75, 3.05) is 12.8 Å². The van der Waals surface area contributed by atoms with E-state index in [9.17, 15) is 14.7 Å².